The zero-order valence-electron chi connectivity index (χ0n) is 12.6. The number of carbonyl (C=O) groups is 1. The minimum absolute atomic E-state index is 0.0736. The topological polar surface area (TPSA) is 29.1 Å². The lowest BCUT2D eigenvalue weighted by atomic mass is 10.1. The summed E-state index contributed by atoms with van der Waals surface area (Å²) in [6.45, 7) is 2.02. The number of aryl methyl sites for hydroxylation is 1. The average molecular weight is 314 g/mol. The third kappa shape index (κ3) is 5.74. The first-order chi connectivity index (χ1) is 10.6. The van der Waals surface area contributed by atoms with Crippen molar-refractivity contribution in [3.05, 3.63) is 76.8 Å². The number of rotatable bonds is 6. The Balaban J connectivity index is 1.77. The highest BCUT2D eigenvalue weighted by molar-refractivity contribution is 6.30. The summed E-state index contributed by atoms with van der Waals surface area (Å²) in [6, 6.07) is 17.8. The van der Waals surface area contributed by atoms with Crippen molar-refractivity contribution in [1.82, 2.24) is 5.32 Å². The molecule has 0 aliphatic heterocycles. The molecule has 0 heterocycles. The second kappa shape index (κ2) is 8.40. The lowest BCUT2D eigenvalue weighted by molar-refractivity contribution is -0.117. The van der Waals surface area contributed by atoms with E-state index in [1.54, 1.807) is 12.2 Å². The number of hydrogen-bond acceptors (Lipinski definition) is 1. The molecule has 2 rings (SSSR count). The molecule has 114 valence electrons. The van der Waals surface area contributed by atoms with Gasteiger partial charge in [-0.2, -0.15) is 0 Å². The van der Waals surface area contributed by atoms with Crippen molar-refractivity contribution in [2.75, 3.05) is 0 Å². The van der Waals surface area contributed by atoms with Gasteiger partial charge in [0.05, 0.1) is 0 Å². The number of halogens is 1. The monoisotopic (exact) mass is 313 g/mol. The fourth-order valence-electron chi connectivity index (χ4n) is 2.14. The predicted octanol–water partition coefficient (Wildman–Crippen LogP) is 4.49. The Bertz CT molecular complexity index is 620. The molecular formula is C19H20ClNO. The largest absolute Gasteiger partial charge is 0.350 e. The molecule has 2 aromatic rings. The van der Waals surface area contributed by atoms with Gasteiger partial charge < -0.3 is 5.32 Å². The molecule has 1 atom stereocenters. The average Bonchev–Trinajstić information content (AvgIpc) is 2.53. The normalized spacial score (nSPS) is 12.3. The Morgan fingerprint density at radius 3 is 2.50 bits per heavy atom. The smallest absolute Gasteiger partial charge is 0.244 e. The highest BCUT2D eigenvalue weighted by Crippen LogP contribution is 2.10. The second-order valence-corrected chi connectivity index (χ2v) is 5.76. The van der Waals surface area contributed by atoms with Gasteiger partial charge in [-0.05, 0) is 49.1 Å². The Morgan fingerprint density at radius 1 is 1.14 bits per heavy atom. The van der Waals surface area contributed by atoms with Gasteiger partial charge in [0, 0.05) is 17.1 Å². The van der Waals surface area contributed by atoms with Crippen LogP contribution in [-0.4, -0.2) is 11.9 Å². The summed E-state index contributed by atoms with van der Waals surface area (Å²) in [4.78, 5) is 11.9. The Hall–Kier alpha value is -2.06. The van der Waals surface area contributed by atoms with Crippen LogP contribution in [0.25, 0.3) is 6.08 Å². The number of amides is 1. The molecule has 0 saturated heterocycles. The quantitative estimate of drug-likeness (QED) is 0.782. The first-order valence-corrected chi connectivity index (χ1v) is 7.79. The molecule has 0 aliphatic carbocycles. The van der Waals surface area contributed by atoms with Crippen LogP contribution >= 0.6 is 11.6 Å². The maximum Gasteiger partial charge on any atom is 0.244 e. The van der Waals surface area contributed by atoms with E-state index in [0.717, 1.165) is 18.4 Å². The molecule has 3 heteroatoms. The number of hydrogen-bond donors (Lipinski definition) is 1. The molecule has 0 fully saturated rings. The summed E-state index contributed by atoms with van der Waals surface area (Å²) >= 11 is 5.83. The van der Waals surface area contributed by atoms with Crippen LogP contribution in [0.3, 0.4) is 0 Å². The van der Waals surface area contributed by atoms with E-state index in [4.69, 9.17) is 11.6 Å². The van der Waals surface area contributed by atoms with E-state index in [9.17, 15) is 4.79 Å². The first kappa shape index (κ1) is 16.3. The second-order valence-electron chi connectivity index (χ2n) is 5.32. The molecule has 0 bridgehead atoms. The molecule has 0 aromatic heterocycles. The first-order valence-electron chi connectivity index (χ1n) is 7.41. The minimum Gasteiger partial charge on any atom is -0.350 e. The van der Waals surface area contributed by atoms with E-state index in [-0.39, 0.29) is 11.9 Å². The third-order valence-electron chi connectivity index (χ3n) is 3.39. The summed E-state index contributed by atoms with van der Waals surface area (Å²) in [5.41, 5.74) is 2.25. The molecule has 1 amide bonds. The number of benzene rings is 2. The van der Waals surface area contributed by atoms with Crippen molar-refractivity contribution >= 4 is 23.6 Å². The minimum atomic E-state index is -0.0736. The van der Waals surface area contributed by atoms with E-state index in [2.05, 4.69) is 17.4 Å². The van der Waals surface area contributed by atoms with E-state index in [0.29, 0.717) is 5.02 Å². The van der Waals surface area contributed by atoms with Crippen LogP contribution in [0, 0.1) is 0 Å². The maximum absolute atomic E-state index is 11.9. The van der Waals surface area contributed by atoms with E-state index < -0.39 is 0 Å². The molecule has 2 aromatic carbocycles. The van der Waals surface area contributed by atoms with Gasteiger partial charge in [-0.1, -0.05) is 54.1 Å². The molecule has 1 N–H and O–H groups in total. The van der Waals surface area contributed by atoms with Crippen LogP contribution in [-0.2, 0) is 11.2 Å². The van der Waals surface area contributed by atoms with Crippen LogP contribution in [0.15, 0.2) is 60.7 Å². The zero-order valence-corrected chi connectivity index (χ0v) is 13.4. The van der Waals surface area contributed by atoms with Crippen molar-refractivity contribution in [1.29, 1.82) is 0 Å². The lowest BCUT2D eigenvalue weighted by Gasteiger charge is -2.12. The fourth-order valence-corrected chi connectivity index (χ4v) is 2.26. The molecular weight excluding hydrogens is 294 g/mol. The number of carbonyl (C=O) groups excluding carboxylic acids is 1. The van der Waals surface area contributed by atoms with Crippen LogP contribution in [0.5, 0.6) is 0 Å². The van der Waals surface area contributed by atoms with Crippen LogP contribution in [0.4, 0.5) is 0 Å². The van der Waals surface area contributed by atoms with Gasteiger partial charge in [0.15, 0.2) is 0 Å². The third-order valence-corrected chi connectivity index (χ3v) is 3.65. The highest BCUT2D eigenvalue weighted by Gasteiger charge is 2.05. The standard InChI is InChI=1S/C19H20ClNO/c1-15(7-8-16-5-3-2-4-6-16)21-19(22)14-11-17-9-12-18(20)13-10-17/h2-6,9-15H,7-8H2,1H3,(H,21,22)/b14-11+/t15-/m1/s1. The van der Waals surface area contributed by atoms with Gasteiger partial charge in [-0.3, -0.25) is 4.79 Å². The van der Waals surface area contributed by atoms with Crippen molar-refractivity contribution < 1.29 is 4.79 Å². The molecule has 2 nitrogen and oxygen atoms in total. The number of nitrogens with one attached hydrogen (secondary N) is 1. The van der Waals surface area contributed by atoms with Gasteiger partial charge in [0.25, 0.3) is 0 Å². The summed E-state index contributed by atoms with van der Waals surface area (Å²) < 4.78 is 0. The molecule has 0 unspecified atom stereocenters. The predicted molar refractivity (Wildman–Crippen MR) is 92.9 cm³/mol. The maximum atomic E-state index is 11.9. The van der Waals surface area contributed by atoms with E-state index in [1.165, 1.54) is 5.56 Å². The van der Waals surface area contributed by atoms with E-state index in [1.807, 2.05) is 49.4 Å². The van der Waals surface area contributed by atoms with Crippen LogP contribution in [0.1, 0.15) is 24.5 Å². The van der Waals surface area contributed by atoms with Crippen molar-refractivity contribution in [3.8, 4) is 0 Å². The molecule has 0 aliphatic rings. The molecule has 0 spiro atoms. The molecule has 0 saturated carbocycles. The van der Waals surface area contributed by atoms with Gasteiger partial charge in [0.1, 0.15) is 0 Å². The Labute approximate surface area is 136 Å². The van der Waals surface area contributed by atoms with Gasteiger partial charge in [0.2, 0.25) is 5.91 Å². The van der Waals surface area contributed by atoms with Gasteiger partial charge in [-0.15, -0.1) is 0 Å². The van der Waals surface area contributed by atoms with Crippen molar-refractivity contribution in [2.45, 2.75) is 25.8 Å². The summed E-state index contributed by atoms with van der Waals surface area (Å²) in [5, 5.41) is 3.67. The molecule has 22 heavy (non-hydrogen) atoms. The van der Waals surface area contributed by atoms with Gasteiger partial charge >= 0.3 is 0 Å². The highest BCUT2D eigenvalue weighted by atomic mass is 35.5. The summed E-state index contributed by atoms with van der Waals surface area (Å²) in [5.74, 6) is -0.0736. The lowest BCUT2D eigenvalue weighted by Crippen LogP contribution is -2.31. The summed E-state index contributed by atoms with van der Waals surface area (Å²) in [6.07, 6.45) is 5.23. The van der Waals surface area contributed by atoms with Crippen LogP contribution < -0.4 is 5.32 Å². The van der Waals surface area contributed by atoms with Crippen molar-refractivity contribution in [3.63, 3.8) is 0 Å². The summed E-state index contributed by atoms with van der Waals surface area (Å²) in [7, 11) is 0. The van der Waals surface area contributed by atoms with Crippen LogP contribution in [0.2, 0.25) is 5.02 Å². The Kier molecular flexibility index (Phi) is 6.23. The van der Waals surface area contributed by atoms with Crippen molar-refractivity contribution in [2.24, 2.45) is 0 Å². The zero-order chi connectivity index (χ0) is 15.8. The van der Waals surface area contributed by atoms with E-state index >= 15 is 0 Å². The SMILES string of the molecule is C[C@H](CCc1ccccc1)NC(=O)/C=C/c1ccc(Cl)cc1. The fraction of sp³-hybridized carbons (Fsp3) is 0.211. The van der Waals surface area contributed by atoms with Gasteiger partial charge in [-0.25, -0.2) is 0 Å². The Morgan fingerprint density at radius 2 is 1.82 bits per heavy atom. The molecule has 0 radical (unpaired) electrons.